The minimum absolute atomic E-state index is 0.0533. The molecule has 1 fully saturated rings. The maximum Gasteiger partial charge on any atom is 0.200 e. The molecular weight excluding hydrogens is 430 g/mol. The number of sulfone groups is 1. The third kappa shape index (κ3) is 4.61. The molecule has 0 N–H and O–H groups in total. The zero-order valence-corrected chi connectivity index (χ0v) is 19.7. The Hall–Kier alpha value is -2.59. The molecule has 172 valence electrons. The lowest BCUT2D eigenvalue weighted by atomic mass is 10.1. The van der Waals surface area contributed by atoms with Crippen molar-refractivity contribution < 1.29 is 17.6 Å². The van der Waals surface area contributed by atoms with E-state index < -0.39 is 15.1 Å². The van der Waals surface area contributed by atoms with Crippen molar-refractivity contribution in [1.82, 2.24) is 24.7 Å². The quantitative estimate of drug-likeness (QED) is 0.528. The van der Waals surface area contributed by atoms with Gasteiger partial charge >= 0.3 is 0 Å². The maximum absolute atomic E-state index is 13.4. The highest BCUT2D eigenvalue weighted by Gasteiger charge is 2.33. The fourth-order valence-electron chi connectivity index (χ4n) is 3.94. The Labute approximate surface area is 188 Å². The molecule has 0 amide bonds. The van der Waals surface area contributed by atoms with E-state index in [0.717, 1.165) is 24.2 Å². The van der Waals surface area contributed by atoms with Crippen LogP contribution in [0.3, 0.4) is 0 Å². The van der Waals surface area contributed by atoms with Crippen molar-refractivity contribution in [2.75, 3.05) is 13.2 Å². The molecule has 10 heteroatoms. The van der Waals surface area contributed by atoms with Gasteiger partial charge in [-0.1, -0.05) is 6.92 Å². The van der Waals surface area contributed by atoms with E-state index in [-0.39, 0.29) is 17.7 Å². The Morgan fingerprint density at radius 3 is 2.41 bits per heavy atom. The zero-order chi connectivity index (χ0) is 22.9. The first kappa shape index (κ1) is 22.6. The first-order valence-corrected chi connectivity index (χ1v) is 12.6. The lowest BCUT2D eigenvalue weighted by molar-refractivity contribution is 0.0692. The van der Waals surface area contributed by atoms with Gasteiger partial charge in [0.1, 0.15) is 23.2 Å². The Morgan fingerprint density at radius 1 is 1.09 bits per heavy atom. The minimum atomic E-state index is -3.56. The van der Waals surface area contributed by atoms with Gasteiger partial charge in [-0.2, -0.15) is 0 Å². The van der Waals surface area contributed by atoms with Crippen LogP contribution < -0.4 is 0 Å². The molecule has 4 rings (SSSR count). The topological polar surface area (TPSA) is 113 Å². The second-order valence-corrected chi connectivity index (χ2v) is 10.8. The van der Waals surface area contributed by atoms with Crippen LogP contribution in [0.25, 0.3) is 11.6 Å². The number of aryl methyl sites for hydroxylation is 2. The average Bonchev–Trinajstić information content (AvgIpc) is 3.39. The van der Waals surface area contributed by atoms with Gasteiger partial charge in [0.2, 0.25) is 0 Å². The molecule has 0 bridgehead atoms. The molecule has 4 heterocycles. The van der Waals surface area contributed by atoms with E-state index in [9.17, 15) is 8.42 Å². The first-order valence-electron chi connectivity index (χ1n) is 10.8. The number of rotatable bonds is 7. The summed E-state index contributed by atoms with van der Waals surface area (Å²) in [5.74, 6) is 2.27. The molecule has 0 saturated carbocycles. The van der Waals surface area contributed by atoms with Crippen molar-refractivity contribution in [1.29, 1.82) is 0 Å². The van der Waals surface area contributed by atoms with Gasteiger partial charge in [0.25, 0.3) is 0 Å². The molecule has 9 nitrogen and oxygen atoms in total. The van der Waals surface area contributed by atoms with Crippen molar-refractivity contribution >= 4 is 9.84 Å². The van der Waals surface area contributed by atoms with Crippen molar-refractivity contribution in [2.45, 2.75) is 63.5 Å². The molecule has 0 spiro atoms. The summed E-state index contributed by atoms with van der Waals surface area (Å²) in [4.78, 5) is 8.64. The summed E-state index contributed by atoms with van der Waals surface area (Å²) < 4.78 is 40.0. The Balaban J connectivity index is 1.65. The monoisotopic (exact) mass is 459 g/mol. The number of hydrogen-bond acceptors (Lipinski definition) is 8. The summed E-state index contributed by atoms with van der Waals surface area (Å²) in [6, 6.07) is 3.75. The molecule has 3 aromatic heterocycles. The number of nitrogens with zero attached hydrogens (tertiary/aromatic N) is 5. The molecule has 0 aliphatic carbocycles. The van der Waals surface area contributed by atoms with E-state index in [2.05, 4.69) is 20.2 Å². The fourth-order valence-corrected chi connectivity index (χ4v) is 5.51. The predicted octanol–water partition coefficient (Wildman–Crippen LogP) is 3.40. The molecular formula is C22H29N5O4S. The number of hydrogen-bond donors (Lipinski definition) is 0. The standard InChI is InChI=1S/C22H29N5O4S/c1-14-11-23-21(24-12-14)16(3)17(4)32(28,29)13-20-25-26-22(19-6-5-15(2)31-19)27(20)18-7-9-30-10-8-18/h5-6,11-12,16-18H,7-10,13H2,1-4H3/t16-,17-/m0/s1. The van der Waals surface area contributed by atoms with Gasteiger partial charge < -0.3 is 13.7 Å². The summed E-state index contributed by atoms with van der Waals surface area (Å²) >= 11 is 0. The smallest absolute Gasteiger partial charge is 0.200 e. The van der Waals surface area contributed by atoms with Crippen LogP contribution in [0.4, 0.5) is 0 Å². The van der Waals surface area contributed by atoms with Crippen LogP contribution >= 0.6 is 0 Å². The van der Waals surface area contributed by atoms with Gasteiger partial charge in [-0.05, 0) is 51.3 Å². The highest BCUT2D eigenvalue weighted by atomic mass is 32.2. The predicted molar refractivity (Wildman–Crippen MR) is 119 cm³/mol. The van der Waals surface area contributed by atoms with E-state index in [1.54, 1.807) is 19.3 Å². The SMILES string of the molecule is Cc1cnc([C@@H](C)[C@H](C)S(=O)(=O)Cc2nnc(-c3ccc(C)o3)n2C2CCOCC2)nc1. The van der Waals surface area contributed by atoms with E-state index in [4.69, 9.17) is 9.15 Å². The van der Waals surface area contributed by atoms with Crippen molar-refractivity contribution in [2.24, 2.45) is 0 Å². The Bertz CT molecular complexity index is 1160. The molecule has 3 aromatic rings. The van der Waals surface area contributed by atoms with Crippen molar-refractivity contribution in [3.05, 3.63) is 47.5 Å². The molecule has 1 saturated heterocycles. The Kier molecular flexibility index (Phi) is 6.43. The van der Waals surface area contributed by atoms with E-state index >= 15 is 0 Å². The van der Waals surface area contributed by atoms with Crippen LogP contribution in [0.5, 0.6) is 0 Å². The molecule has 0 aromatic carbocycles. The zero-order valence-electron chi connectivity index (χ0n) is 18.9. The van der Waals surface area contributed by atoms with Gasteiger partial charge in [-0.15, -0.1) is 10.2 Å². The van der Waals surface area contributed by atoms with Crippen LogP contribution in [0.1, 0.15) is 61.6 Å². The van der Waals surface area contributed by atoms with Gasteiger partial charge in [-0.25, -0.2) is 18.4 Å². The lowest BCUT2D eigenvalue weighted by Gasteiger charge is -2.26. The first-order chi connectivity index (χ1) is 15.3. The van der Waals surface area contributed by atoms with E-state index in [0.29, 0.717) is 36.4 Å². The second-order valence-electron chi connectivity index (χ2n) is 8.48. The molecule has 0 radical (unpaired) electrons. The van der Waals surface area contributed by atoms with E-state index in [1.807, 2.05) is 37.5 Å². The second kappa shape index (κ2) is 9.11. The third-order valence-corrected chi connectivity index (χ3v) is 8.29. The van der Waals surface area contributed by atoms with Crippen LogP contribution in [0.15, 0.2) is 28.9 Å². The van der Waals surface area contributed by atoms with Gasteiger partial charge in [-0.3, -0.25) is 0 Å². The van der Waals surface area contributed by atoms with Crippen LogP contribution in [0, 0.1) is 13.8 Å². The summed E-state index contributed by atoms with van der Waals surface area (Å²) in [5.41, 5.74) is 0.932. The molecule has 2 atom stereocenters. The average molecular weight is 460 g/mol. The number of furan rings is 1. The largest absolute Gasteiger partial charge is 0.458 e. The number of aromatic nitrogens is 5. The highest BCUT2D eigenvalue weighted by Crippen LogP contribution is 2.31. The molecule has 1 aliphatic heterocycles. The summed E-state index contributed by atoms with van der Waals surface area (Å²) in [7, 11) is -3.56. The van der Waals surface area contributed by atoms with Crippen molar-refractivity contribution in [3.8, 4) is 11.6 Å². The summed E-state index contributed by atoms with van der Waals surface area (Å²) in [6.07, 6.45) is 4.94. The van der Waals surface area contributed by atoms with Crippen LogP contribution in [-0.2, 0) is 20.3 Å². The third-order valence-electron chi connectivity index (χ3n) is 6.09. The van der Waals surface area contributed by atoms with Gasteiger partial charge in [0.15, 0.2) is 21.4 Å². The fraction of sp³-hybridized carbons (Fsp3) is 0.545. The van der Waals surface area contributed by atoms with Crippen LogP contribution in [-0.4, -0.2) is 51.6 Å². The normalized spacial score (nSPS) is 17.4. The maximum atomic E-state index is 13.4. The molecule has 0 unspecified atom stereocenters. The summed E-state index contributed by atoms with van der Waals surface area (Å²) in [5, 5.41) is 7.93. The molecule has 32 heavy (non-hydrogen) atoms. The minimum Gasteiger partial charge on any atom is -0.458 e. The number of ether oxygens (including phenoxy) is 1. The van der Waals surface area contributed by atoms with Crippen molar-refractivity contribution in [3.63, 3.8) is 0 Å². The van der Waals surface area contributed by atoms with Gasteiger partial charge in [0, 0.05) is 37.6 Å². The van der Waals surface area contributed by atoms with E-state index in [1.165, 1.54) is 0 Å². The van der Waals surface area contributed by atoms with Gasteiger partial charge in [0.05, 0.1) is 5.25 Å². The Morgan fingerprint density at radius 2 is 1.78 bits per heavy atom. The summed E-state index contributed by atoms with van der Waals surface area (Å²) in [6.45, 7) is 8.53. The van der Waals surface area contributed by atoms with Crippen LogP contribution in [0.2, 0.25) is 0 Å². The highest BCUT2D eigenvalue weighted by molar-refractivity contribution is 7.91. The molecule has 1 aliphatic rings. The lowest BCUT2D eigenvalue weighted by Crippen LogP contribution is -2.29.